The first-order valence-corrected chi connectivity index (χ1v) is 8.49. The highest BCUT2D eigenvalue weighted by Crippen LogP contribution is 2.39. The van der Waals surface area contributed by atoms with Crippen molar-refractivity contribution in [2.24, 2.45) is 4.99 Å². The number of hydrogen-bond donors (Lipinski definition) is 0. The summed E-state index contributed by atoms with van der Waals surface area (Å²) < 4.78 is 1.64. The van der Waals surface area contributed by atoms with E-state index in [-0.39, 0.29) is 5.92 Å². The molecule has 1 aromatic carbocycles. The zero-order valence-corrected chi connectivity index (χ0v) is 14.6. The summed E-state index contributed by atoms with van der Waals surface area (Å²) in [6, 6.07) is 11.7. The Morgan fingerprint density at radius 2 is 2.00 bits per heavy atom. The lowest BCUT2D eigenvalue weighted by Crippen LogP contribution is -2.22. The summed E-state index contributed by atoms with van der Waals surface area (Å²) in [6.07, 6.45) is 5.74. The monoisotopic (exact) mass is 355 g/mol. The second kappa shape index (κ2) is 6.08. The van der Waals surface area contributed by atoms with Gasteiger partial charge in [0.1, 0.15) is 0 Å². The van der Waals surface area contributed by atoms with E-state index in [1.807, 2.05) is 54.9 Å². The van der Waals surface area contributed by atoms with Crippen LogP contribution in [0.25, 0.3) is 0 Å². The molecule has 0 amide bonds. The van der Waals surface area contributed by atoms with E-state index in [2.05, 4.69) is 11.9 Å². The molecule has 1 atom stereocenters. The summed E-state index contributed by atoms with van der Waals surface area (Å²) in [5, 5.41) is 0.679. The van der Waals surface area contributed by atoms with Crippen molar-refractivity contribution in [1.82, 2.24) is 9.40 Å². The second-order valence-electron chi connectivity index (χ2n) is 5.88. The van der Waals surface area contributed by atoms with Gasteiger partial charge < -0.3 is 0 Å². The molecule has 1 aromatic heterocycles. The number of hydrogen-bond acceptors (Lipinski definition) is 3. The highest BCUT2D eigenvalue weighted by atomic mass is 35.5. The van der Waals surface area contributed by atoms with Gasteiger partial charge in [0.2, 0.25) is 0 Å². The molecule has 5 heteroatoms. The van der Waals surface area contributed by atoms with Gasteiger partial charge in [-0.1, -0.05) is 36.7 Å². The van der Waals surface area contributed by atoms with Crippen molar-refractivity contribution >= 4 is 34.8 Å². The number of allylic oxidation sites excluding steroid dienone is 2. The Balaban J connectivity index is 2.01. The van der Waals surface area contributed by atoms with Crippen molar-refractivity contribution in [3.8, 4) is 0 Å². The van der Waals surface area contributed by atoms with Crippen molar-refractivity contribution in [2.45, 2.75) is 12.8 Å². The maximum absolute atomic E-state index is 6.46. The number of pyridine rings is 1. The molecule has 120 valence electrons. The van der Waals surface area contributed by atoms with E-state index in [9.17, 15) is 0 Å². The van der Waals surface area contributed by atoms with Crippen LogP contribution < -0.4 is 0 Å². The third kappa shape index (κ3) is 2.54. The first-order chi connectivity index (χ1) is 11.6. The van der Waals surface area contributed by atoms with Gasteiger partial charge in [-0.3, -0.25) is 9.40 Å². The summed E-state index contributed by atoms with van der Waals surface area (Å²) in [5.74, 6) is 0.140. The SMILES string of the molecule is CC1C2=C(CN(Cl)C=C2)C(c2ccccc2Cl)=Nc2cccnc21. The average Bonchev–Trinajstić information content (AvgIpc) is 2.71. The molecule has 0 N–H and O–H groups in total. The number of rotatable bonds is 1. The molecule has 2 aromatic rings. The number of aromatic nitrogens is 1. The summed E-state index contributed by atoms with van der Waals surface area (Å²) >= 11 is 12.7. The Morgan fingerprint density at radius 1 is 1.17 bits per heavy atom. The van der Waals surface area contributed by atoms with Crippen LogP contribution in [0.2, 0.25) is 5.02 Å². The molecule has 2 aliphatic rings. The molecule has 24 heavy (non-hydrogen) atoms. The number of benzene rings is 1. The summed E-state index contributed by atoms with van der Waals surface area (Å²) in [6.45, 7) is 2.73. The fraction of sp³-hybridized carbons (Fsp3) is 0.158. The van der Waals surface area contributed by atoms with Gasteiger partial charge in [-0.2, -0.15) is 0 Å². The molecule has 2 aliphatic heterocycles. The third-order valence-electron chi connectivity index (χ3n) is 4.41. The van der Waals surface area contributed by atoms with E-state index >= 15 is 0 Å². The predicted octanol–water partition coefficient (Wildman–Crippen LogP) is 5.25. The van der Waals surface area contributed by atoms with Gasteiger partial charge in [-0.15, -0.1) is 0 Å². The third-order valence-corrected chi connectivity index (χ3v) is 4.98. The summed E-state index contributed by atoms with van der Waals surface area (Å²) in [4.78, 5) is 9.50. The molecule has 0 radical (unpaired) electrons. The smallest absolute Gasteiger partial charge is 0.0858 e. The topological polar surface area (TPSA) is 28.5 Å². The van der Waals surface area contributed by atoms with Gasteiger partial charge in [0.05, 0.1) is 23.6 Å². The van der Waals surface area contributed by atoms with Crippen LogP contribution in [0.4, 0.5) is 5.69 Å². The standard InChI is InChI=1S/C19H15Cl2N3/c1-12-13-8-10-24(21)11-15(13)19(14-5-2-3-6-16(14)20)23-17-7-4-9-22-18(12)17/h2-10,12H,11H2,1H3. The molecular weight excluding hydrogens is 341 g/mol. The van der Waals surface area contributed by atoms with Crippen LogP contribution in [0, 0.1) is 0 Å². The van der Waals surface area contributed by atoms with Gasteiger partial charge in [0, 0.05) is 46.3 Å². The van der Waals surface area contributed by atoms with Crippen LogP contribution in [-0.2, 0) is 0 Å². The molecule has 3 nitrogen and oxygen atoms in total. The van der Waals surface area contributed by atoms with Gasteiger partial charge in [-0.25, -0.2) is 4.99 Å². The second-order valence-corrected chi connectivity index (χ2v) is 6.72. The van der Waals surface area contributed by atoms with Gasteiger partial charge in [-0.05, 0) is 29.8 Å². The molecule has 0 bridgehead atoms. The van der Waals surface area contributed by atoms with Gasteiger partial charge >= 0.3 is 0 Å². The molecule has 0 saturated carbocycles. The summed E-state index contributed by atoms with van der Waals surface area (Å²) in [5.41, 5.74) is 5.90. The Morgan fingerprint density at radius 3 is 2.83 bits per heavy atom. The van der Waals surface area contributed by atoms with Crippen LogP contribution in [0.1, 0.15) is 24.1 Å². The van der Waals surface area contributed by atoms with E-state index in [1.165, 1.54) is 5.57 Å². The Kier molecular flexibility index (Phi) is 3.91. The van der Waals surface area contributed by atoms with Crippen molar-refractivity contribution in [1.29, 1.82) is 0 Å². The molecule has 3 heterocycles. The number of fused-ring (bicyclic) bond motifs is 1. The van der Waals surface area contributed by atoms with E-state index in [0.29, 0.717) is 11.6 Å². The number of halogens is 2. The highest BCUT2D eigenvalue weighted by molar-refractivity contribution is 6.35. The van der Waals surface area contributed by atoms with Crippen molar-refractivity contribution in [2.75, 3.05) is 6.54 Å². The minimum Gasteiger partial charge on any atom is -0.288 e. The number of nitrogens with zero attached hydrogens (tertiary/aromatic N) is 3. The van der Waals surface area contributed by atoms with Crippen molar-refractivity contribution < 1.29 is 0 Å². The first kappa shape index (κ1) is 15.4. The van der Waals surface area contributed by atoms with Crippen LogP contribution in [-0.4, -0.2) is 21.7 Å². The number of aliphatic imine (C=N–C) groups is 1. The van der Waals surface area contributed by atoms with E-state index in [1.54, 1.807) is 4.42 Å². The maximum atomic E-state index is 6.46. The van der Waals surface area contributed by atoms with Crippen LogP contribution in [0.5, 0.6) is 0 Å². The minimum absolute atomic E-state index is 0.140. The lowest BCUT2D eigenvalue weighted by atomic mass is 9.88. The quantitative estimate of drug-likeness (QED) is 0.653. The van der Waals surface area contributed by atoms with E-state index < -0.39 is 0 Å². The highest BCUT2D eigenvalue weighted by Gasteiger charge is 2.28. The largest absolute Gasteiger partial charge is 0.288 e. The zero-order valence-electron chi connectivity index (χ0n) is 13.1. The molecule has 4 rings (SSSR count). The van der Waals surface area contributed by atoms with Crippen molar-refractivity contribution in [3.05, 3.63) is 82.3 Å². The minimum atomic E-state index is 0.140. The Hall–Kier alpha value is -2.10. The summed E-state index contributed by atoms with van der Waals surface area (Å²) in [7, 11) is 0. The predicted molar refractivity (Wildman–Crippen MR) is 99.0 cm³/mol. The Bertz CT molecular complexity index is 899. The maximum Gasteiger partial charge on any atom is 0.0858 e. The average molecular weight is 356 g/mol. The normalized spacial score (nSPS) is 19.5. The lowest BCUT2D eigenvalue weighted by molar-refractivity contribution is 0.645. The molecule has 0 spiro atoms. The Labute approximate surface area is 151 Å². The van der Waals surface area contributed by atoms with Crippen LogP contribution >= 0.6 is 23.4 Å². The molecule has 1 unspecified atom stereocenters. The lowest BCUT2D eigenvalue weighted by Gasteiger charge is -2.24. The van der Waals surface area contributed by atoms with Crippen LogP contribution in [0.15, 0.2) is 71.0 Å². The van der Waals surface area contributed by atoms with Gasteiger partial charge in [0.25, 0.3) is 0 Å². The van der Waals surface area contributed by atoms with Crippen molar-refractivity contribution in [3.63, 3.8) is 0 Å². The molecule has 0 fully saturated rings. The first-order valence-electron chi connectivity index (χ1n) is 7.77. The fourth-order valence-electron chi connectivity index (χ4n) is 3.22. The molecule has 0 saturated heterocycles. The molecule has 0 aliphatic carbocycles. The van der Waals surface area contributed by atoms with E-state index in [4.69, 9.17) is 28.4 Å². The zero-order chi connectivity index (χ0) is 16.7. The van der Waals surface area contributed by atoms with Gasteiger partial charge in [0.15, 0.2) is 0 Å². The van der Waals surface area contributed by atoms with E-state index in [0.717, 1.165) is 28.2 Å². The van der Waals surface area contributed by atoms with Crippen LogP contribution in [0.3, 0.4) is 0 Å². The fourth-order valence-corrected chi connectivity index (χ4v) is 3.62. The molecular formula is C19H15Cl2N3.